The number of rotatable bonds is 19. The third-order valence-electron chi connectivity index (χ3n) is 6.72. The van der Waals surface area contributed by atoms with Crippen molar-refractivity contribution in [2.75, 3.05) is 47.6 Å². The van der Waals surface area contributed by atoms with Gasteiger partial charge in [-0.2, -0.15) is 0 Å². The molecule has 0 spiro atoms. The Hall–Kier alpha value is -2.58. The van der Waals surface area contributed by atoms with Crippen molar-refractivity contribution in [3.63, 3.8) is 0 Å². The van der Waals surface area contributed by atoms with E-state index < -0.39 is 0 Å². The van der Waals surface area contributed by atoms with Crippen molar-refractivity contribution in [2.45, 2.75) is 71.8 Å². The molecule has 0 N–H and O–H groups in total. The molecule has 2 aromatic rings. The van der Waals surface area contributed by atoms with Gasteiger partial charge in [-0.15, -0.1) is 11.3 Å². The van der Waals surface area contributed by atoms with Crippen molar-refractivity contribution < 1.29 is 23.8 Å². The molecule has 212 valence electrons. The van der Waals surface area contributed by atoms with Gasteiger partial charge in [-0.25, -0.2) is 0 Å². The number of hydrogen-bond donors (Lipinski definition) is 0. The summed E-state index contributed by atoms with van der Waals surface area (Å²) in [4.78, 5) is 31.5. The van der Waals surface area contributed by atoms with E-state index in [0.29, 0.717) is 57.0 Å². The summed E-state index contributed by atoms with van der Waals surface area (Å²) in [5, 5.41) is 2.06. The molecule has 0 fully saturated rings. The summed E-state index contributed by atoms with van der Waals surface area (Å²) in [7, 11) is 4.90. The monoisotopic (exact) mass is 546 g/mol. The Kier molecular flexibility index (Phi) is 14.9. The van der Waals surface area contributed by atoms with E-state index in [0.717, 1.165) is 24.8 Å². The molecule has 2 rings (SSSR count). The molecule has 2 amide bonds. The van der Waals surface area contributed by atoms with E-state index in [1.165, 1.54) is 23.3 Å². The van der Waals surface area contributed by atoms with Crippen LogP contribution in [0.25, 0.3) is 0 Å². The number of aryl methyl sites for hydroxylation is 1. The lowest BCUT2D eigenvalue weighted by Gasteiger charge is -2.28. The number of carbonyl (C=O) groups excluding carboxylic acids is 2. The lowest BCUT2D eigenvalue weighted by Crippen LogP contribution is -2.44. The summed E-state index contributed by atoms with van der Waals surface area (Å²) >= 11 is 1.66. The lowest BCUT2D eigenvalue weighted by molar-refractivity contribution is -0.141. The van der Waals surface area contributed by atoms with Gasteiger partial charge in [-0.1, -0.05) is 38.7 Å². The van der Waals surface area contributed by atoms with Gasteiger partial charge in [-0.3, -0.25) is 9.59 Å². The Balaban J connectivity index is 2.12. The first-order chi connectivity index (χ1) is 18.4. The van der Waals surface area contributed by atoms with E-state index in [-0.39, 0.29) is 18.4 Å². The van der Waals surface area contributed by atoms with E-state index in [1.807, 2.05) is 23.1 Å². The molecule has 0 atom stereocenters. The predicted octanol–water partition coefficient (Wildman–Crippen LogP) is 5.87. The molecule has 38 heavy (non-hydrogen) atoms. The molecular formula is C30H46N2O5S. The number of unbranched alkanes of at least 4 members (excludes halogenated alkanes) is 4. The Morgan fingerprint density at radius 2 is 1.63 bits per heavy atom. The standard InChI is InChI=1S/C30H46N2O5S/c1-6-7-8-9-10-12-29(33)31(17-11-19-35-3)23-30(34)32(22-28-24(2)16-20-38-28)18-15-25-13-14-26(36-4)27(21-25)37-5/h13-14,16,20-21H,6-12,15,17-19,22-23H2,1-5H3. The number of hydrogen-bond acceptors (Lipinski definition) is 6. The van der Waals surface area contributed by atoms with Gasteiger partial charge >= 0.3 is 0 Å². The van der Waals surface area contributed by atoms with Crippen LogP contribution in [0.4, 0.5) is 0 Å². The molecule has 0 bridgehead atoms. The maximum atomic E-state index is 13.6. The van der Waals surface area contributed by atoms with Crippen LogP contribution in [0.15, 0.2) is 29.6 Å². The van der Waals surface area contributed by atoms with Gasteiger partial charge in [0.25, 0.3) is 0 Å². The van der Waals surface area contributed by atoms with Gasteiger partial charge in [0.15, 0.2) is 11.5 Å². The second-order valence-corrected chi connectivity index (χ2v) is 10.6. The fourth-order valence-electron chi connectivity index (χ4n) is 4.32. The van der Waals surface area contributed by atoms with Crippen LogP contribution in [-0.2, 0) is 27.3 Å². The summed E-state index contributed by atoms with van der Waals surface area (Å²) in [5.74, 6) is 1.37. The highest BCUT2D eigenvalue weighted by molar-refractivity contribution is 7.10. The first kappa shape index (κ1) is 31.6. The third kappa shape index (κ3) is 10.7. The Morgan fingerprint density at radius 1 is 0.868 bits per heavy atom. The van der Waals surface area contributed by atoms with Gasteiger partial charge < -0.3 is 24.0 Å². The van der Waals surface area contributed by atoms with Crippen LogP contribution in [-0.4, -0.2) is 69.2 Å². The quantitative estimate of drug-likeness (QED) is 0.206. The van der Waals surface area contributed by atoms with Gasteiger partial charge in [0, 0.05) is 38.1 Å². The summed E-state index contributed by atoms with van der Waals surface area (Å²) in [6.45, 7) is 6.51. The minimum atomic E-state index is -0.0324. The van der Waals surface area contributed by atoms with Crippen molar-refractivity contribution in [2.24, 2.45) is 0 Å². The number of ether oxygens (including phenoxy) is 3. The van der Waals surface area contributed by atoms with Gasteiger partial charge in [-0.05, 0) is 60.9 Å². The Labute approximate surface area is 233 Å². The number of benzene rings is 1. The van der Waals surface area contributed by atoms with Crippen LogP contribution in [0.3, 0.4) is 0 Å². The maximum absolute atomic E-state index is 13.6. The van der Waals surface area contributed by atoms with E-state index in [4.69, 9.17) is 14.2 Å². The van der Waals surface area contributed by atoms with Crippen LogP contribution in [0, 0.1) is 6.92 Å². The number of methoxy groups -OCH3 is 3. The normalized spacial score (nSPS) is 10.9. The zero-order valence-corrected chi connectivity index (χ0v) is 24.7. The highest BCUT2D eigenvalue weighted by Gasteiger charge is 2.22. The highest BCUT2D eigenvalue weighted by Crippen LogP contribution is 2.28. The molecule has 0 aliphatic heterocycles. The maximum Gasteiger partial charge on any atom is 0.242 e. The fraction of sp³-hybridized carbons (Fsp3) is 0.600. The van der Waals surface area contributed by atoms with E-state index in [9.17, 15) is 9.59 Å². The number of nitrogens with zero attached hydrogens (tertiary/aromatic N) is 2. The fourth-order valence-corrected chi connectivity index (χ4v) is 5.25. The number of amides is 2. The largest absolute Gasteiger partial charge is 0.493 e. The zero-order chi connectivity index (χ0) is 27.8. The molecule has 0 aliphatic rings. The van der Waals surface area contributed by atoms with Crippen LogP contribution < -0.4 is 9.47 Å². The van der Waals surface area contributed by atoms with E-state index >= 15 is 0 Å². The number of thiophene rings is 1. The summed E-state index contributed by atoms with van der Waals surface area (Å²) < 4.78 is 16.0. The Bertz CT molecular complexity index is 977. The molecule has 8 heteroatoms. The van der Waals surface area contributed by atoms with Crippen molar-refractivity contribution >= 4 is 23.2 Å². The molecule has 0 radical (unpaired) electrons. The predicted molar refractivity (Wildman–Crippen MR) is 154 cm³/mol. The average Bonchev–Trinajstić information content (AvgIpc) is 3.33. The molecular weight excluding hydrogens is 500 g/mol. The van der Waals surface area contributed by atoms with Gasteiger partial charge in [0.2, 0.25) is 11.8 Å². The summed E-state index contributed by atoms with van der Waals surface area (Å²) in [6.07, 6.45) is 7.30. The lowest BCUT2D eigenvalue weighted by atomic mass is 10.1. The minimum absolute atomic E-state index is 0.0324. The number of carbonyl (C=O) groups is 2. The van der Waals surface area contributed by atoms with Crippen molar-refractivity contribution in [3.05, 3.63) is 45.6 Å². The SMILES string of the molecule is CCCCCCCC(=O)N(CCCOC)CC(=O)N(CCc1ccc(OC)c(OC)c1)Cc1sccc1C. The minimum Gasteiger partial charge on any atom is -0.493 e. The molecule has 7 nitrogen and oxygen atoms in total. The molecule has 0 saturated carbocycles. The average molecular weight is 547 g/mol. The van der Waals surface area contributed by atoms with Crippen LogP contribution in [0.2, 0.25) is 0 Å². The van der Waals surface area contributed by atoms with Gasteiger partial charge in [0.05, 0.1) is 27.3 Å². The molecule has 1 aromatic carbocycles. The van der Waals surface area contributed by atoms with Gasteiger partial charge in [0.1, 0.15) is 0 Å². The second kappa shape index (κ2) is 17.8. The van der Waals surface area contributed by atoms with Crippen LogP contribution >= 0.6 is 11.3 Å². The van der Waals surface area contributed by atoms with Crippen LogP contribution in [0.5, 0.6) is 11.5 Å². The smallest absolute Gasteiger partial charge is 0.242 e. The van der Waals surface area contributed by atoms with Crippen molar-refractivity contribution in [1.29, 1.82) is 0 Å². The summed E-state index contributed by atoms with van der Waals surface area (Å²) in [6, 6.07) is 7.92. The van der Waals surface area contributed by atoms with Crippen molar-refractivity contribution in [3.8, 4) is 11.5 Å². The zero-order valence-electron chi connectivity index (χ0n) is 23.9. The summed E-state index contributed by atoms with van der Waals surface area (Å²) in [5.41, 5.74) is 2.24. The second-order valence-electron chi connectivity index (χ2n) is 9.61. The highest BCUT2D eigenvalue weighted by atomic mass is 32.1. The first-order valence-corrected chi connectivity index (χ1v) is 14.6. The van der Waals surface area contributed by atoms with E-state index in [2.05, 4.69) is 25.3 Å². The third-order valence-corrected chi connectivity index (χ3v) is 7.73. The van der Waals surface area contributed by atoms with Crippen molar-refractivity contribution in [1.82, 2.24) is 9.80 Å². The van der Waals surface area contributed by atoms with Crippen LogP contribution in [0.1, 0.15) is 67.9 Å². The molecule has 1 aromatic heterocycles. The first-order valence-electron chi connectivity index (χ1n) is 13.7. The van der Waals surface area contributed by atoms with E-state index in [1.54, 1.807) is 37.6 Å². The molecule has 0 saturated heterocycles. The molecule has 0 unspecified atom stereocenters. The topological polar surface area (TPSA) is 68.3 Å². The Morgan fingerprint density at radius 3 is 2.29 bits per heavy atom. The molecule has 0 aliphatic carbocycles. The molecule has 1 heterocycles.